The maximum absolute atomic E-state index is 12.8. The van der Waals surface area contributed by atoms with Crippen molar-refractivity contribution in [2.24, 2.45) is 0 Å². The number of hydrogen-bond acceptors (Lipinski definition) is 3. The fourth-order valence-corrected chi connectivity index (χ4v) is 3.39. The number of ether oxygens (including phenoxy) is 1. The van der Waals surface area contributed by atoms with Crippen LogP contribution in [-0.2, 0) is 17.5 Å². The molecule has 0 unspecified atom stereocenters. The van der Waals surface area contributed by atoms with E-state index in [2.05, 4.69) is 26.1 Å². The second kappa shape index (κ2) is 8.17. The van der Waals surface area contributed by atoms with Crippen molar-refractivity contribution in [1.29, 1.82) is 0 Å². The van der Waals surface area contributed by atoms with Crippen molar-refractivity contribution in [2.75, 3.05) is 13.1 Å². The molecule has 0 saturated carbocycles. The van der Waals surface area contributed by atoms with Crippen LogP contribution in [0.1, 0.15) is 44.7 Å². The Morgan fingerprint density at radius 1 is 1.35 bits per heavy atom. The summed E-state index contributed by atoms with van der Waals surface area (Å²) in [6, 6.07) is 3.67. The molecule has 1 fully saturated rings. The van der Waals surface area contributed by atoms with Gasteiger partial charge in [-0.2, -0.15) is 13.2 Å². The number of carbonyl (C=O) groups excluding carboxylic acids is 1. The van der Waals surface area contributed by atoms with Gasteiger partial charge in [0.2, 0.25) is 0 Å². The van der Waals surface area contributed by atoms with Crippen molar-refractivity contribution in [3.05, 3.63) is 33.8 Å². The number of rotatable bonds is 3. The summed E-state index contributed by atoms with van der Waals surface area (Å²) >= 11 is 3.24. The van der Waals surface area contributed by atoms with Crippen molar-refractivity contribution >= 4 is 22.0 Å². The number of amides is 1. The van der Waals surface area contributed by atoms with Crippen LogP contribution < -0.4 is 5.32 Å². The Balaban J connectivity index is 1.95. The second-order valence-corrected chi connectivity index (χ2v) is 8.38. The summed E-state index contributed by atoms with van der Waals surface area (Å²) in [6.07, 6.45) is -3.04. The molecule has 146 valence electrons. The van der Waals surface area contributed by atoms with Gasteiger partial charge >= 0.3 is 12.3 Å². The van der Waals surface area contributed by atoms with Crippen molar-refractivity contribution in [1.82, 2.24) is 10.2 Å². The summed E-state index contributed by atoms with van der Waals surface area (Å²) in [5, 5.41) is 2.87. The highest BCUT2D eigenvalue weighted by atomic mass is 79.9. The van der Waals surface area contributed by atoms with E-state index in [9.17, 15) is 18.0 Å². The van der Waals surface area contributed by atoms with Crippen molar-refractivity contribution < 1.29 is 22.7 Å². The largest absolute Gasteiger partial charge is 0.444 e. The summed E-state index contributed by atoms with van der Waals surface area (Å²) < 4.78 is 44.0. The molecule has 26 heavy (non-hydrogen) atoms. The number of carbonyl (C=O) groups is 1. The molecule has 4 nitrogen and oxygen atoms in total. The van der Waals surface area contributed by atoms with Crippen LogP contribution in [0.15, 0.2) is 22.7 Å². The van der Waals surface area contributed by atoms with Crippen LogP contribution in [0.5, 0.6) is 0 Å². The monoisotopic (exact) mass is 436 g/mol. The summed E-state index contributed by atoms with van der Waals surface area (Å²) in [4.78, 5) is 14.0. The Kier molecular flexibility index (Phi) is 6.60. The first kappa shape index (κ1) is 21.0. The summed E-state index contributed by atoms with van der Waals surface area (Å²) in [5.41, 5.74) is -0.434. The van der Waals surface area contributed by atoms with Crippen LogP contribution in [0.4, 0.5) is 18.0 Å². The van der Waals surface area contributed by atoms with Crippen LogP contribution >= 0.6 is 15.9 Å². The van der Waals surface area contributed by atoms with E-state index in [-0.39, 0.29) is 6.04 Å². The maximum Gasteiger partial charge on any atom is 0.416 e. The highest BCUT2D eigenvalue weighted by molar-refractivity contribution is 9.10. The van der Waals surface area contributed by atoms with E-state index in [1.807, 2.05) is 20.8 Å². The maximum atomic E-state index is 12.8. The van der Waals surface area contributed by atoms with Gasteiger partial charge in [0.05, 0.1) is 5.56 Å². The van der Waals surface area contributed by atoms with E-state index in [0.717, 1.165) is 37.1 Å². The molecule has 1 aromatic carbocycles. The summed E-state index contributed by atoms with van der Waals surface area (Å²) in [6.45, 7) is 7.41. The molecule has 1 N–H and O–H groups in total. The first-order chi connectivity index (χ1) is 11.9. The molecule has 8 heteroatoms. The predicted molar refractivity (Wildman–Crippen MR) is 96.8 cm³/mol. The molecule has 0 aromatic heterocycles. The number of piperidine rings is 1. The highest BCUT2D eigenvalue weighted by Gasteiger charge is 2.31. The molecular formula is C18H24BrF3N2O2. The molecular weight excluding hydrogens is 413 g/mol. The molecule has 0 radical (unpaired) electrons. The van der Waals surface area contributed by atoms with Crippen LogP contribution in [0.3, 0.4) is 0 Å². The van der Waals surface area contributed by atoms with Crippen LogP contribution in [0.25, 0.3) is 0 Å². The zero-order valence-electron chi connectivity index (χ0n) is 15.1. The molecule has 0 aliphatic carbocycles. The summed E-state index contributed by atoms with van der Waals surface area (Å²) in [7, 11) is 0. The van der Waals surface area contributed by atoms with Gasteiger partial charge in [-0.15, -0.1) is 0 Å². The molecule has 1 atom stereocenters. The van der Waals surface area contributed by atoms with E-state index >= 15 is 0 Å². The van der Waals surface area contributed by atoms with E-state index in [4.69, 9.17) is 4.74 Å². The Hall–Kier alpha value is -1.28. The second-order valence-electron chi connectivity index (χ2n) is 7.52. The number of benzene rings is 1. The van der Waals surface area contributed by atoms with Gasteiger partial charge in [-0.25, -0.2) is 4.79 Å². The third kappa shape index (κ3) is 6.46. The Morgan fingerprint density at radius 2 is 2.04 bits per heavy atom. The molecule has 1 saturated heterocycles. The van der Waals surface area contributed by atoms with Crippen molar-refractivity contribution in [3.8, 4) is 0 Å². The number of alkyl carbamates (subject to hydrolysis) is 1. The molecule has 0 spiro atoms. The number of nitrogens with zero attached hydrogens (tertiary/aromatic N) is 1. The van der Waals surface area contributed by atoms with Gasteiger partial charge in [0.1, 0.15) is 5.60 Å². The van der Waals surface area contributed by atoms with Gasteiger partial charge in [0.25, 0.3) is 0 Å². The zero-order chi connectivity index (χ0) is 19.5. The quantitative estimate of drug-likeness (QED) is 0.727. The minimum Gasteiger partial charge on any atom is -0.444 e. The van der Waals surface area contributed by atoms with Gasteiger partial charge in [0, 0.05) is 23.6 Å². The number of halogens is 4. The van der Waals surface area contributed by atoms with Gasteiger partial charge in [0.15, 0.2) is 0 Å². The Morgan fingerprint density at radius 3 is 2.62 bits per heavy atom. The smallest absolute Gasteiger partial charge is 0.416 e. The molecule has 0 bridgehead atoms. The van der Waals surface area contributed by atoms with Crippen molar-refractivity contribution in [3.63, 3.8) is 0 Å². The standard InChI is InChI=1S/C18H24BrF3N2O2/c1-17(2,3)26-16(25)23-14-5-4-8-24(11-14)10-12-6-7-13(9-15(12)19)18(20,21)22/h6-7,9,14H,4-5,8,10-11H2,1-3H3,(H,23,25)/t14-/m1/s1. The Labute approximate surface area is 160 Å². The number of alkyl halides is 3. The lowest BCUT2D eigenvalue weighted by Crippen LogP contribution is -2.48. The number of likely N-dealkylation sites (tertiary alicyclic amines) is 1. The fraction of sp³-hybridized carbons (Fsp3) is 0.611. The van der Waals surface area contributed by atoms with Gasteiger partial charge in [-0.1, -0.05) is 22.0 Å². The molecule has 1 aromatic rings. The average molecular weight is 437 g/mol. The van der Waals surface area contributed by atoms with Crippen LogP contribution in [0, 0.1) is 0 Å². The van der Waals surface area contributed by atoms with Crippen LogP contribution in [-0.4, -0.2) is 35.7 Å². The third-order valence-electron chi connectivity index (χ3n) is 4.00. The van der Waals surface area contributed by atoms with Crippen LogP contribution in [0.2, 0.25) is 0 Å². The average Bonchev–Trinajstić information content (AvgIpc) is 2.46. The lowest BCUT2D eigenvalue weighted by molar-refractivity contribution is -0.137. The van der Waals surface area contributed by atoms with E-state index in [1.54, 1.807) is 0 Å². The molecule has 1 aliphatic heterocycles. The minimum atomic E-state index is -4.35. The number of hydrogen-bond donors (Lipinski definition) is 1. The lowest BCUT2D eigenvalue weighted by Gasteiger charge is -2.33. The summed E-state index contributed by atoms with van der Waals surface area (Å²) in [5.74, 6) is 0. The van der Waals surface area contributed by atoms with E-state index in [0.29, 0.717) is 17.6 Å². The van der Waals surface area contributed by atoms with Gasteiger partial charge < -0.3 is 10.1 Å². The van der Waals surface area contributed by atoms with Crippen molar-refractivity contribution in [2.45, 2.75) is 58.0 Å². The SMILES string of the molecule is CC(C)(C)OC(=O)N[C@@H]1CCCN(Cc2ccc(C(F)(F)F)cc2Br)C1. The molecule has 1 amide bonds. The first-order valence-electron chi connectivity index (χ1n) is 8.51. The van der Waals surface area contributed by atoms with E-state index < -0.39 is 23.4 Å². The third-order valence-corrected chi connectivity index (χ3v) is 4.74. The fourth-order valence-electron chi connectivity index (χ4n) is 2.88. The zero-order valence-corrected chi connectivity index (χ0v) is 16.7. The molecule has 1 aliphatic rings. The Bertz CT molecular complexity index is 644. The topological polar surface area (TPSA) is 41.6 Å². The lowest BCUT2D eigenvalue weighted by atomic mass is 10.0. The number of nitrogens with one attached hydrogen (secondary N) is 1. The normalized spacial score (nSPS) is 19.3. The highest BCUT2D eigenvalue weighted by Crippen LogP contribution is 2.32. The predicted octanol–water partition coefficient (Wildman–Crippen LogP) is 4.96. The van der Waals surface area contributed by atoms with Gasteiger partial charge in [-0.3, -0.25) is 4.90 Å². The minimum absolute atomic E-state index is 0.0353. The van der Waals surface area contributed by atoms with E-state index in [1.165, 1.54) is 6.07 Å². The first-order valence-corrected chi connectivity index (χ1v) is 9.31. The van der Waals surface area contributed by atoms with Gasteiger partial charge in [-0.05, 0) is 57.9 Å². The molecule has 1 heterocycles. The molecule has 2 rings (SSSR count).